The van der Waals surface area contributed by atoms with Crippen LogP contribution >= 0.6 is 8.15 Å². The molecule has 1 amide bonds. The van der Waals surface area contributed by atoms with Crippen molar-refractivity contribution in [1.82, 2.24) is 5.32 Å². The zero-order chi connectivity index (χ0) is 29.5. The Morgan fingerprint density at radius 2 is 1.15 bits per heavy atom. The molecule has 0 saturated heterocycles. The van der Waals surface area contributed by atoms with Gasteiger partial charge >= 0.3 is 0 Å². The van der Waals surface area contributed by atoms with Gasteiger partial charge in [-0.15, -0.1) is 0 Å². The predicted octanol–water partition coefficient (Wildman–Crippen LogP) is 7.03. The van der Waals surface area contributed by atoms with E-state index in [0.717, 1.165) is 36.7 Å². The third-order valence-corrected chi connectivity index (χ3v) is 8.34. The number of quaternary nitrogens is 1. The standard InChI is InChI=1S/C31H59N2O5P/c1-6-8-9-10-11-12-13-14-15-16-17-18-22-28(34)25-27(32-29(35)21-7-2)26-31(37)39(38)30(36)23-19-20-24-33(3,4)5/h27,38H,6-26H2,1-5H3/p+1. The molecule has 0 aromatic rings. The number of carbonyl (C=O) groups excluding carboxylic acids is 4. The van der Waals surface area contributed by atoms with Crippen LogP contribution < -0.4 is 5.32 Å². The summed E-state index contributed by atoms with van der Waals surface area (Å²) in [5.74, 6) is -0.187. The molecule has 2 atom stereocenters. The molecular formula is C31H60N2O5P+. The van der Waals surface area contributed by atoms with Gasteiger partial charge in [-0.25, -0.2) is 0 Å². The van der Waals surface area contributed by atoms with Crippen LogP contribution in [0.3, 0.4) is 0 Å². The molecule has 0 aromatic heterocycles. The number of Topliss-reactive ketones (excluding diaryl/α,β-unsaturated/α-hetero) is 1. The van der Waals surface area contributed by atoms with Crippen molar-refractivity contribution in [2.75, 3.05) is 27.7 Å². The molecule has 0 aliphatic rings. The number of carbonyl (C=O) groups is 4. The Morgan fingerprint density at radius 1 is 0.641 bits per heavy atom. The van der Waals surface area contributed by atoms with Gasteiger partial charge < -0.3 is 14.7 Å². The van der Waals surface area contributed by atoms with Crippen LogP contribution in [0.1, 0.15) is 142 Å². The minimum atomic E-state index is -2.41. The van der Waals surface area contributed by atoms with Gasteiger partial charge in [0.2, 0.25) is 5.91 Å². The third-order valence-electron chi connectivity index (χ3n) is 6.99. The van der Waals surface area contributed by atoms with Crippen LogP contribution in [-0.2, 0) is 19.2 Å². The van der Waals surface area contributed by atoms with Crippen LogP contribution in [0.25, 0.3) is 0 Å². The highest BCUT2D eigenvalue weighted by molar-refractivity contribution is 7.84. The number of hydrogen-bond donors (Lipinski definition) is 2. The van der Waals surface area contributed by atoms with Crippen molar-refractivity contribution in [3.8, 4) is 0 Å². The van der Waals surface area contributed by atoms with Crippen molar-refractivity contribution in [2.24, 2.45) is 0 Å². The van der Waals surface area contributed by atoms with Gasteiger partial charge in [-0.2, -0.15) is 0 Å². The quantitative estimate of drug-likeness (QED) is 0.0626. The summed E-state index contributed by atoms with van der Waals surface area (Å²) in [7, 11) is 3.83. The Balaban J connectivity index is 4.40. The van der Waals surface area contributed by atoms with Crippen molar-refractivity contribution < 1.29 is 28.6 Å². The Morgan fingerprint density at radius 3 is 1.67 bits per heavy atom. The molecule has 0 aliphatic carbocycles. The Kier molecular flexibility index (Phi) is 22.8. The lowest BCUT2D eigenvalue weighted by Gasteiger charge is -2.23. The van der Waals surface area contributed by atoms with E-state index in [-0.39, 0.29) is 31.0 Å². The third kappa shape index (κ3) is 23.3. The van der Waals surface area contributed by atoms with Gasteiger partial charge in [0.15, 0.2) is 19.2 Å². The molecule has 7 nitrogen and oxygen atoms in total. The summed E-state index contributed by atoms with van der Waals surface area (Å²) < 4.78 is 0.799. The molecule has 0 spiro atoms. The summed E-state index contributed by atoms with van der Waals surface area (Å²) in [4.78, 5) is 60.2. The SMILES string of the molecule is CCCCCCCCCCCCCCC(=O)CC(CC(=O)P(O)C(=O)CCCC[N+](C)(C)C)NC(=O)CCC. The highest BCUT2D eigenvalue weighted by atomic mass is 31.1. The smallest absolute Gasteiger partial charge is 0.220 e. The van der Waals surface area contributed by atoms with Gasteiger partial charge in [-0.3, -0.25) is 19.2 Å². The number of nitrogens with zero attached hydrogens (tertiary/aromatic N) is 1. The number of ketones is 1. The van der Waals surface area contributed by atoms with Crippen LogP contribution in [0.5, 0.6) is 0 Å². The van der Waals surface area contributed by atoms with Crippen LogP contribution in [0.2, 0.25) is 0 Å². The van der Waals surface area contributed by atoms with E-state index in [9.17, 15) is 24.1 Å². The lowest BCUT2D eigenvalue weighted by Crippen LogP contribution is -2.38. The highest BCUT2D eigenvalue weighted by Gasteiger charge is 2.28. The van der Waals surface area contributed by atoms with E-state index in [1.165, 1.54) is 57.8 Å². The van der Waals surface area contributed by atoms with E-state index in [1.54, 1.807) is 0 Å². The second-order valence-electron chi connectivity index (χ2n) is 12.2. The van der Waals surface area contributed by atoms with E-state index in [0.29, 0.717) is 25.7 Å². The van der Waals surface area contributed by atoms with Gasteiger partial charge in [0.05, 0.1) is 27.7 Å². The number of rotatable bonds is 27. The zero-order valence-corrected chi connectivity index (χ0v) is 26.8. The summed E-state index contributed by atoms with van der Waals surface area (Å²) in [5, 5.41) is 2.79. The molecule has 2 N–H and O–H groups in total. The van der Waals surface area contributed by atoms with Crippen LogP contribution in [0, 0.1) is 0 Å². The molecule has 0 saturated carbocycles. The minimum absolute atomic E-state index is 0.0191. The van der Waals surface area contributed by atoms with Crippen molar-refractivity contribution in [2.45, 2.75) is 148 Å². The number of hydrogen-bond acceptors (Lipinski definition) is 5. The van der Waals surface area contributed by atoms with E-state index < -0.39 is 25.2 Å². The zero-order valence-electron chi connectivity index (χ0n) is 25.9. The number of amides is 1. The summed E-state index contributed by atoms with van der Waals surface area (Å²) in [6, 6.07) is -0.662. The largest absolute Gasteiger partial charge is 0.360 e. The maximum absolute atomic E-state index is 12.7. The Labute approximate surface area is 240 Å². The average Bonchev–Trinajstić information content (AvgIpc) is 2.86. The minimum Gasteiger partial charge on any atom is -0.360 e. The van der Waals surface area contributed by atoms with E-state index >= 15 is 0 Å². The van der Waals surface area contributed by atoms with Crippen LogP contribution in [0.4, 0.5) is 0 Å². The topological polar surface area (TPSA) is 101 Å². The summed E-state index contributed by atoms with van der Waals surface area (Å²) >= 11 is 0. The lowest BCUT2D eigenvalue weighted by molar-refractivity contribution is -0.870. The summed E-state index contributed by atoms with van der Waals surface area (Å²) in [6.45, 7) is 5.05. The molecule has 0 aliphatic heterocycles. The maximum Gasteiger partial charge on any atom is 0.220 e. The second kappa shape index (κ2) is 23.5. The molecule has 0 aromatic carbocycles. The van der Waals surface area contributed by atoms with Gasteiger partial charge in [0.25, 0.3) is 0 Å². The average molecular weight is 572 g/mol. The fourth-order valence-electron chi connectivity index (χ4n) is 4.65. The molecule has 0 radical (unpaired) electrons. The molecule has 2 unspecified atom stereocenters. The molecule has 0 rings (SSSR count). The summed E-state index contributed by atoms with van der Waals surface area (Å²) in [5.41, 5.74) is -0.973. The first kappa shape index (κ1) is 37.8. The summed E-state index contributed by atoms with van der Waals surface area (Å²) in [6.07, 6.45) is 17.7. The number of unbranched alkanes of at least 4 members (excludes halogenated alkanes) is 12. The molecular weight excluding hydrogens is 511 g/mol. The van der Waals surface area contributed by atoms with E-state index in [1.807, 2.05) is 6.92 Å². The van der Waals surface area contributed by atoms with E-state index in [2.05, 4.69) is 33.4 Å². The first-order valence-electron chi connectivity index (χ1n) is 15.7. The van der Waals surface area contributed by atoms with Crippen molar-refractivity contribution in [3.05, 3.63) is 0 Å². The molecule has 228 valence electrons. The monoisotopic (exact) mass is 571 g/mol. The predicted molar refractivity (Wildman–Crippen MR) is 163 cm³/mol. The van der Waals surface area contributed by atoms with Gasteiger partial charge in [0, 0.05) is 38.1 Å². The second-order valence-corrected chi connectivity index (χ2v) is 13.8. The lowest BCUT2D eigenvalue weighted by atomic mass is 10.0. The molecule has 8 heteroatoms. The fourth-order valence-corrected chi connectivity index (χ4v) is 5.69. The first-order valence-corrected chi connectivity index (χ1v) is 17.0. The highest BCUT2D eigenvalue weighted by Crippen LogP contribution is 2.36. The normalized spacial score (nSPS) is 13.2. The van der Waals surface area contributed by atoms with Crippen molar-refractivity contribution in [1.29, 1.82) is 0 Å². The molecule has 0 heterocycles. The Bertz CT molecular complexity index is 693. The van der Waals surface area contributed by atoms with Crippen LogP contribution in [-0.4, -0.2) is 65.8 Å². The van der Waals surface area contributed by atoms with Gasteiger partial charge in [-0.1, -0.05) is 84.5 Å². The molecule has 0 fully saturated rings. The Hall–Kier alpha value is -1.17. The number of nitrogens with one attached hydrogen (secondary N) is 1. The van der Waals surface area contributed by atoms with Gasteiger partial charge in [-0.05, 0) is 25.7 Å². The molecule has 0 bridgehead atoms. The fraction of sp³-hybridized carbons (Fsp3) is 0.871. The first-order chi connectivity index (χ1) is 18.5. The van der Waals surface area contributed by atoms with Gasteiger partial charge in [0.1, 0.15) is 5.78 Å². The van der Waals surface area contributed by atoms with Crippen molar-refractivity contribution in [3.63, 3.8) is 0 Å². The van der Waals surface area contributed by atoms with Crippen molar-refractivity contribution >= 4 is 30.9 Å². The molecule has 39 heavy (non-hydrogen) atoms. The maximum atomic E-state index is 12.7. The van der Waals surface area contributed by atoms with Crippen LogP contribution in [0.15, 0.2) is 0 Å². The van der Waals surface area contributed by atoms with E-state index in [4.69, 9.17) is 0 Å².